The highest BCUT2D eigenvalue weighted by atomic mass is 16.5. The van der Waals surface area contributed by atoms with Crippen LogP contribution in [0, 0.1) is 11.8 Å². The highest BCUT2D eigenvalue weighted by Crippen LogP contribution is 2.43. The molecule has 0 aromatic heterocycles. The second kappa shape index (κ2) is 11.5. The summed E-state index contributed by atoms with van der Waals surface area (Å²) in [6, 6.07) is 0. The highest BCUT2D eigenvalue weighted by Gasteiger charge is 2.40. The van der Waals surface area contributed by atoms with Gasteiger partial charge in [0, 0.05) is 7.11 Å². The third-order valence-corrected chi connectivity index (χ3v) is 6.37. The molecule has 0 aliphatic heterocycles. The predicted molar refractivity (Wildman–Crippen MR) is 98.4 cm³/mol. The first kappa shape index (κ1) is 20.0. The first-order valence-electron chi connectivity index (χ1n) is 10.3. The molecule has 132 valence electrons. The quantitative estimate of drug-likeness (QED) is 0.348. The van der Waals surface area contributed by atoms with Crippen LogP contribution in [0.15, 0.2) is 0 Å². The van der Waals surface area contributed by atoms with Crippen molar-refractivity contribution in [2.24, 2.45) is 11.8 Å². The van der Waals surface area contributed by atoms with Gasteiger partial charge in [-0.1, -0.05) is 91.4 Å². The smallest absolute Gasteiger partial charge is 0.0704 e. The molecule has 1 fully saturated rings. The normalized spacial score (nSPS) is 18.5. The summed E-state index contributed by atoms with van der Waals surface area (Å²) in [4.78, 5) is 0. The van der Waals surface area contributed by atoms with Gasteiger partial charge < -0.3 is 4.74 Å². The Morgan fingerprint density at radius 1 is 0.864 bits per heavy atom. The third kappa shape index (κ3) is 5.87. The standard InChI is InChI=1S/C21H42O/c1-5-8-9-10-11-15-18-20(19-16-13-12-14-17-19)21(6-2,7-3)22-4/h19-20H,5-18H2,1-4H3. The summed E-state index contributed by atoms with van der Waals surface area (Å²) in [6.07, 6.45) is 19.5. The first-order chi connectivity index (χ1) is 10.7. The molecule has 1 rings (SSSR count). The van der Waals surface area contributed by atoms with E-state index in [1.807, 2.05) is 7.11 Å². The lowest BCUT2D eigenvalue weighted by Crippen LogP contribution is -2.43. The number of rotatable bonds is 12. The second-order valence-electron chi connectivity index (χ2n) is 7.54. The van der Waals surface area contributed by atoms with Crippen molar-refractivity contribution in [3.05, 3.63) is 0 Å². The average molecular weight is 311 g/mol. The zero-order chi connectivity index (χ0) is 16.3. The Balaban J connectivity index is 2.57. The molecule has 1 heteroatoms. The van der Waals surface area contributed by atoms with Gasteiger partial charge in [0.05, 0.1) is 5.60 Å². The van der Waals surface area contributed by atoms with Crippen LogP contribution in [-0.4, -0.2) is 12.7 Å². The average Bonchev–Trinajstić information content (AvgIpc) is 2.58. The van der Waals surface area contributed by atoms with Gasteiger partial charge in [-0.15, -0.1) is 0 Å². The van der Waals surface area contributed by atoms with E-state index in [-0.39, 0.29) is 5.60 Å². The molecule has 0 saturated heterocycles. The van der Waals surface area contributed by atoms with Crippen molar-refractivity contribution in [2.45, 2.75) is 116 Å². The molecule has 22 heavy (non-hydrogen) atoms. The monoisotopic (exact) mass is 310 g/mol. The Bertz CT molecular complexity index is 242. The zero-order valence-electron chi connectivity index (χ0n) is 16.0. The fraction of sp³-hybridized carbons (Fsp3) is 1.00. The Kier molecular flexibility index (Phi) is 10.4. The Morgan fingerprint density at radius 3 is 2.00 bits per heavy atom. The van der Waals surface area contributed by atoms with Crippen molar-refractivity contribution in [1.82, 2.24) is 0 Å². The minimum atomic E-state index is 0.144. The van der Waals surface area contributed by atoms with E-state index in [1.165, 1.54) is 89.9 Å². The molecular weight excluding hydrogens is 268 g/mol. The van der Waals surface area contributed by atoms with Gasteiger partial charge in [-0.2, -0.15) is 0 Å². The minimum Gasteiger partial charge on any atom is -0.378 e. The van der Waals surface area contributed by atoms with Crippen LogP contribution >= 0.6 is 0 Å². The van der Waals surface area contributed by atoms with Gasteiger partial charge in [0.1, 0.15) is 0 Å². The van der Waals surface area contributed by atoms with Crippen LogP contribution in [0.4, 0.5) is 0 Å². The summed E-state index contributed by atoms with van der Waals surface area (Å²) < 4.78 is 6.15. The van der Waals surface area contributed by atoms with Gasteiger partial charge in [-0.3, -0.25) is 0 Å². The van der Waals surface area contributed by atoms with Gasteiger partial charge in [-0.25, -0.2) is 0 Å². The van der Waals surface area contributed by atoms with E-state index < -0.39 is 0 Å². The molecule has 1 aliphatic rings. The van der Waals surface area contributed by atoms with E-state index in [9.17, 15) is 0 Å². The van der Waals surface area contributed by atoms with Crippen molar-refractivity contribution in [1.29, 1.82) is 0 Å². The van der Waals surface area contributed by atoms with Crippen LogP contribution in [0.2, 0.25) is 0 Å². The van der Waals surface area contributed by atoms with Gasteiger partial charge in [0.25, 0.3) is 0 Å². The molecule has 0 amide bonds. The zero-order valence-corrected chi connectivity index (χ0v) is 16.0. The fourth-order valence-electron chi connectivity index (χ4n) is 4.82. The summed E-state index contributed by atoms with van der Waals surface area (Å²) in [5.74, 6) is 1.71. The van der Waals surface area contributed by atoms with Crippen LogP contribution < -0.4 is 0 Å². The van der Waals surface area contributed by atoms with Crippen LogP contribution in [0.25, 0.3) is 0 Å². The van der Waals surface area contributed by atoms with E-state index in [2.05, 4.69) is 20.8 Å². The van der Waals surface area contributed by atoms with E-state index in [0.29, 0.717) is 0 Å². The molecule has 0 N–H and O–H groups in total. The largest absolute Gasteiger partial charge is 0.378 e. The van der Waals surface area contributed by atoms with Crippen LogP contribution in [0.3, 0.4) is 0 Å². The summed E-state index contributed by atoms with van der Waals surface area (Å²) in [6.45, 7) is 6.97. The summed E-state index contributed by atoms with van der Waals surface area (Å²) in [5.41, 5.74) is 0.144. The summed E-state index contributed by atoms with van der Waals surface area (Å²) in [5, 5.41) is 0. The van der Waals surface area contributed by atoms with E-state index in [1.54, 1.807) is 0 Å². The minimum absolute atomic E-state index is 0.144. The maximum atomic E-state index is 6.15. The van der Waals surface area contributed by atoms with Crippen molar-refractivity contribution in [3.63, 3.8) is 0 Å². The van der Waals surface area contributed by atoms with Crippen molar-refractivity contribution in [2.75, 3.05) is 7.11 Å². The summed E-state index contributed by atoms with van der Waals surface area (Å²) >= 11 is 0. The molecule has 0 bridgehead atoms. The third-order valence-electron chi connectivity index (χ3n) is 6.37. The lowest BCUT2D eigenvalue weighted by molar-refractivity contribution is -0.0916. The molecule has 1 saturated carbocycles. The first-order valence-corrected chi connectivity index (χ1v) is 10.3. The fourth-order valence-corrected chi connectivity index (χ4v) is 4.82. The lowest BCUT2D eigenvalue weighted by Gasteiger charge is -2.44. The maximum Gasteiger partial charge on any atom is 0.0704 e. The highest BCUT2D eigenvalue weighted by molar-refractivity contribution is 4.91. The van der Waals surface area contributed by atoms with Crippen LogP contribution in [-0.2, 0) is 4.74 Å². The van der Waals surface area contributed by atoms with Gasteiger partial charge in [0.2, 0.25) is 0 Å². The molecule has 0 heterocycles. The van der Waals surface area contributed by atoms with Crippen LogP contribution in [0.5, 0.6) is 0 Å². The van der Waals surface area contributed by atoms with Gasteiger partial charge in [0.15, 0.2) is 0 Å². The number of ether oxygens (including phenoxy) is 1. The molecule has 1 aliphatic carbocycles. The summed E-state index contributed by atoms with van der Waals surface area (Å²) in [7, 11) is 1.96. The molecule has 0 aromatic rings. The van der Waals surface area contributed by atoms with E-state index in [4.69, 9.17) is 4.74 Å². The number of hydrogen-bond donors (Lipinski definition) is 0. The number of unbranched alkanes of at least 4 members (excludes halogenated alkanes) is 5. The predicted octanol–water partition coefficient (Wildman–Crippen LogP) is 7.14. The van der Waals surface area contributed by atoms with Crippen molar-refractivity contribution >= 4 is 0 Å². The molecule has 1 unspecified atom stereocenters. The van der Waals surface area contributed by atoms with Crippen molar-refractivity contribution < 1.29 is 4.74 Å². The molecule has 0 spiro atoms. The SMILES string of the molecule is CCCCCCCCC(C1CCCCC1)C(CC)(CC)OC. The molecular formula is C21H42O. The number of methoxy groups -OCH3 is 1. The van der Waals surface area contributed by atoms with Gasteiger partial charge in [-0.05, 0) is 31.1 Å². The Morgan fingerprint density at radius 2 is 1.45 bits per heavy atom. The molecule has 1 atom stereocenters. The van der Waals surface area contributed by atoms with E-state index >= 15 is 0 Å². The molecule has 1 nitrogen and oxygen atoms in total. The maximum absolute atomic E-state index is 6.15. The second-order valence-corrected chi connectivity index (χ2v) is 7.54. The van der Waals surface area contributed by atoms with Crippen LogP contribution in [0.1, 0.15) is 111 Å². The van der Waals surface area contributed by atoms with E-state index in [0.717, 1.165) is 11.8 Å². The molecule has 0 aromatic carbocycles. The Hall–Kier alpha value is -0.0400. The number of hydrogen-bond acceptors (Lipinski definition) is 1. The van der Waals surface area contributed by atoms with Gasteiger partial charge >= 0.3 is 0 Å². The lowest BCUT2D eigenvalue weighted by atomic mass is 9.67. The molecule has 0 radical (unpaired) electrons. The van der Waals surface area contributed by atoms with Crippen molar-refractivity contribution in [3.8, 4) is 0 Å². The Labute approximate surface area is 140 Å². The topological polar surface area (TPSA) is 9.23 Å².